The van der Waals surface area contributed by atoms with Gasteiger partial charge in [-0.3, -0.25) is 0 Å². The van der Waals surface area contributed by atoms with Gasteiger partial charge in [0.1, 0.15) is 5.69 Å². The van der Waals surface area contributed by atoms with Crippen molar-refractivity contribution in [3.63, 3.8) is 0 Å². The van der Waals surface area contributed by atoms with Gasteiger partial charge in [-0.05, 0) is 25.5 Å². The minimum atomic E-state index is 0.201. The third-order valence-electron chi connectivity index (χ3n) is 4.02. The van der Waals surface area contributed by atoms with Crippen molar-refractivity contribution in [1.82, 2.24) is 20.0 Å². The van der Waals surface area contributed by atoms with Gasteiger partial charge in [0.15, 0.2) is 11.5 Å². The normalized spacial score (nSPS) is 12.6. The zero-order valence-electron chi connectivity index (χ0n) is 14.3. The topological polar surface area (TPSA) is 71.3 Å². The van der Waals surface area contributed by atoms with Gasteiger partial charge in [0.25, 0.3) is 0 Å². The second-order valence-electron chi connectivity index (χ2n) is 5.67. The molecule has 2 aromatic heterocycles. The third-order valence-corrected chi connectivity index (χ3v) is 5.02. The van der Waals surface area contributed by atoms with Crippen LogP contribution in [-0.4, -0.2) is 33.9 Å². The van der Waals surface area contributed by atoms with E-state index in [4.69, 9.17) is 14.2 Å². The number of fused-ring (bicyclic) bond motifs is 1. The quantitative estimate of drug-likeness (QED) is 0.698. The first-order valence-electron chi connectivity index (χ1n) is 8.01. The van der Waals surface area contributed by atoms with E-state index in [1.54, 1.807) is 18.4 Å². The predicted molar refractivity (Wildman–Crippen MR) is 93.5 cm³/mol. The highest BCUT2D eigenvalue weighted by atomic mass is 32.1. The number of hydrogen-bond acceptors (Lipinski definition) is 7. The molecular formula is C17H18N4O3S. The Hall–Kier alpha value is -2.61. The van der Waals surface area contributed by atoms with Crippen LogP contribution in [0.1, 0.15) is 22.5 Å². The minimum Gasteiger partial charge on any atom is -0.493 e. The Bertz CT molecular complexity index is 919. The fourth-order valence-corrected chi connectivity index (χ4v) is 3.86. The summed E-state index contributed by atoms with van der Waals surface area (Å²) in [4.78, 5) is 5.78. The van der Waals surface area contributed by atoms with Crippen molar-refractivity contribution in [2.24, 2.45) is 0 Å². The monoisotopic (exact) mass is 358 g/mol. The van der Waals surface area contributed by atoms with Gasteiger partial charge in [-0.15, -0.1) is 16.4 Å². The van der Waals surface area contributed by atoms with Crippen LogP contribution in [0.25, 0.3) is 11.3 Å². The number of nitrogens with zero attached hydrogens (tertiary/aromatic N) is 4. The highest BCUT2D eigenvalue weighted by Gasteiger charge is 2.21. The van der Waals surface area contributed by atoms with Crippen molar-refractivity contribution in [1.29, 1.82) is 0 Å². The molecule has 0 aliphatic carbocycles. The molecule has 0 atom stereocenters. The molecule has 0 spiro atoms. The predicted octanol–water partition coefficient (Wildman–Crippen LogP) is 3.06. The Labute approximate surface area is 149 Å². The Balaban J connectivity index is 1.63. The van der Waals surface area contributed by atoms with Gasteiger partial charge < -0.3 is 14.2 Å². The van der Waals surface area contributed by atoms with Gasteiger partial charge in [-0.2, -0.15) is 0 Å². The van der Waals surface area contributed by atoms with Crippen molar-refractivity contribution in [3.05, 3.63) is 33.9 Å². The van der Waals surface area contributed by atoms with Crippen molar-refractivity contribution in [2.75, 3.05) is 13.9 Å². The molecule has 130 valence electrons. The Morgan fingerprint density at radius 3 is 3.00 bits per heavy atom. The summed E-state index contributed by atoms with van der Waals surface area (Å²) in [6.45, 7) is 5.01. The number of ether oxygens (including phenoxy) is 3. The van der Waals surface area contributed by atoms with Crippen LogP contribution in [0.2, 0.25) is 0 Å². The number of thiazole rings is 1. The molecule has 3 aromatic rings. The molecule has 8 heteroatoms. The molecule has 7 nitrogen and oxygen atoms in total. The fraction of sp³-hybridized carbons (Fsp3) is 0.353. The Morgan fingerprint density at radius 2 is 2.20 bits per heavy atom. The van der Waals surface area contributed by atoms with Crippen LogP contribution in [-0.2, 0) is 13.0 Å². The summed E-state index contributed by atoms with van der Waals surface area (Å²) in [5.41, 5.74) is 2.77. The van der Waals surface area contributed by atoms with Crippen molar-refractivity contribution in [2.45, 2.75) is 26.8 Å². The molecule has 0 amide bonds. The largest absolute Gasteiger partial charge is 0.493 e. The zero-order chi connectivity index (χ0) is 17.4. The smallest absolute Gasteiger partial charge is 0.231 e. The van der Waals surface area contributed by atoms with Gasteiger partial charge in [-0.25, -0.2) is 9.67 Å². The average molecular weight is 358 g/mol. The molecule has 1 aromatic carbocycles. The minimum absolute atomic E-state index is 0.201. The van der Waals surface area contributed by atoms with Gasteiger partial charge in [0, 0.05) is 10.4 Å². The maximum absolute atomic E-state index is 5.47. The lowest BCUT2D eigenvalue weighted by Crippen LogP contribution is -2.01. The molecule has 25 heavy (non-hydrogen) atoms. The van der Waals surface area contributed by atoms with Crippen molar-refractivity contribution in [3.8, 4) is 28.5 Å². The maximum Gasteiger partial charge on any atom is 0.231 e. The zero-order valence-corrected chi connectivity index (χ0v) is 15.1. The molecular weight excluding hydrogens is 340 g/mol. The van der Waals surface area contributed by atoms with Gasteiger partial charge in [-0.1, -0.05) is 12.1 Å². The van der Waals surface area contributed by atoms with E-state index in [-0.39, 0.29) is 6.79 Å². The summed E-state index contributed by atoms with van der Waals surface area (Å²) in [5, 5.41) is 9.62. The van der Waals surface area contributed by atoms with E-state index in [1.807, 2.05) is 29.9 Å². The number of aromatic nitrogens is 4. The van der Waals surface area contributed by atoms with E-state index in [0.717, 1.165) is 28.4 Å². The van der Waals surface area contributed by atoms with E-state index < -0.39 is 0 Å². The lowest BCUT2D eigenvalue weighted by molar-refractivity contribution is 0.171. The summed E-state index contributed by atoms with van der Waals surface area (Å²) in [6, 6.07) is 3.78. The van der Waals surface area contributed by atoms with E-state index in [1.165, 1.54) is 4.88 Å². The van der Waals surface area contributed by atoms with Crippen LogP contribution in [0.15, 0.2) is 18.3 Å². The van der Waals surface area contributed by atoms with Crippen molar-refractivity contribution < 1.29 is 14.2 Å². The molecule has 0 radical (unpaired) electrons. The second kappa shape index (κ2) is 6.36. The van der Waals surface area contributed by atoms with E-state index in [9.17, 15) is 0 Å². The van der Waals surface area contributed by atoms with E-state index in [2.05, 4.69) is 22.2 Å². The van der Waals surface area contributed by atoms with Crippen LogP contribution in [0.5, 0.6) is 17.2 Å². The molecule has 0 N–H and O–H groups in total. The molecule has 0 saturated carbocycles. The molecule has 0 unspecified atom stereocenters. The third kappa shape index (κ3) is 2.93. The summed E-state index contributed by atoms with van der Waals surface area (Å²) < 4.78 is 18.1. The lowest BCUT2D eigenvalue weighted by Gasteiger charge is -2.06. The van der Waals surface area contributed by atoms with E-state index in [0.29, 0.717) is 23.8 Å². The highest BCUT2D eigenvalue weighted by molar-refractivity contribution is 7.11. The standard InChI is InChI=1S/C17H18N4O3S/c1-4-12-16(25-10(2)18-12)8-21-7-13(19-20-21)11-5-14(22-3)17-15(6-11)23-9-24-17/h5-7H,4,8-9H2,1-3H3. The molecule has 1 aliphatic rings. The van der Waals surface area contributed by atoms with Crippen LogP contribution in [0.4, 0.5) is 0 Å². The first-order chi connectivity index (χ1) is 12.2. The number of aryl methyl sites for hydroxylation is 2. The Morgan fingerprint density at radius 1 is 1.32 bits per heavy atom. The maximum atomic E-state index is 5.47. The number of benzene rings is 1. The van der Waals surface area contributed by atoms with E-state index >= 15 is 0 Å². The average Bonchev–Trinajstić information content (AvgIpc) is 3.33. The lowest BCUT2D eigenvalue weighted by atomic mass is 10.1. The summed E-state index contributed by atoms with van der Waals surface area (Å²) in [5.74, 6) is 1.92. The molecule has 1 aliphatic heterocycles. The van der Waals surface area contributed by atoms with Gasteiger partial charge in [0.05, 0.1) is 30.6 Å². The second-order valence-corrected chi connectivity index (χ2v) is 6.96. The van der Waals surface area contributed by atoms with Crippen LogP contribution >= 0.6 is 11.3 Å². The highest BCUT2D eigenvalue weighted by Crippen LogP contribution is 2.43. The molecule has 0 fully saturated rings. The van der Waals surface area contributed by atoms with Crippen LogP contribution < -0.4 is 14.2 Å². The Kier molecular flexibility index (Phi) is 4.04. The van der Waals surface area contributed by atoms with Crippen molar-refractivity contribution >= 4 is 11.3 Å². The van der Waals surface area contributed by atoms with Gasteiger partial charge >= 0.3 is 0 Å². The molecule has 0 bridgehead atoms. The summed E-state index contributed by atoms with van der Waals surface area (Å²) in [7, 11) is 1.61. The number of rotatable bonds is 5. The SMILES string of the molecule is CCc1nc(C)sc1Cn1cc(-c2cc(OC)c3c(c2)OCO3)nn1. The van der Waals surface area contributed by atoms with Gasteiger partial charge in [0.2, 0.25) is 12.5 Å². The molecule has 0 saturated heterocycles. The number of methoxy groups -OCH3 is 1. The van der Waals surface area contributed by atoms with Crippen LogP contribution in [0, 0.1) is 6.92 Å². The molecule has 3 heterocycles. The summed E-state index contributed by atoms with van der Waals surface area (Å²) >= 11 is 1.70. The fourth-order valence-electron chi connectivity index (χ4n) is 2.84. The summed E-state index contributed by atoms with van der Waals surface area (Å²) in [6.07, 6.45) is 2.84. The first kappa shape index (κ1) is 15.9. The molecule has 4 rings (SSSR count). The first-order valence-corrected chi connectivity index (χ1v) is 8.83. The van der Waals surface area contributed by atoms with Crippen LogP contribution in [0.3, 0.4) is 0 Å². The number of hydrogen-bond donors (Lipinski definition) is 0.